The van der Waals surface area contributed by atoms with E-state index >= 15 is 0 Å². The lowest BCUT2D eigenvalue weighted by Gasteiger charge is -2.27. The molecule has 1 rings (SSSR count). The quantitative estimate of drug-likeness (QED) is 0.469. The zero-order valence-electron chi connectivity index (χ0n) is 11.5. The molecular formula is C14H21Br2NO2. The van der Waals surface area contributed by atoms with Crippen LogP contribution in [0.3, 0.4) is 0 Å². The number of alkyl halides is 1. The van der Waals surface area contributed by atoms with Crippen molar-refractivity contribution < 1.29 is 9.47 Å². The summed E-state index contributed by atoms with van der Waals surface area (Å²) in [7, 11) is 3.47. The fourth-order valence-corrected chi connectivity index (χ4v) is 2.72. The number of hydrogen-bond donors (Lipinski definition) is 0. The molecule has 0 N–H and O–H groups in total. The molecule has 108 valence electrons. The molecule has 1 aromatic rings. The molecule has 5 heteroatoms. The lowest BCUT2D eigenvalue weighted by Crippen LogP contribution is -2.29. The summed E-state index contributed by atoms with van der Waals surface area (Å²) >= 11 is 7.10. The Morgan fingerprint density at radius 1 is 1.11 bits per heavy atom. The maximum Gasteiger partial charge on any atom is 0.0637 e. The van der Waals surface area contributed by atoms with Crippen LogP contribution in [-0.2, 0) is 14.8 Å². The highest BCUT2D eigenvalue weighted by Gasteiger charge is 2.11. The largest absolute Gasteiger partial charge is 0.385 e. The molecule has 0 atom stereocenters. The van der Waals surface area contributed by atoms with Gasteiger partial charge < -0.3 is 14.4 Å². The van der Waals surface area contributed by atoms with Gasteiger partial charge in [-0.2, -0.15) is 0 Å². The number of nitrogens with zero attached hydrogens (tertiary/aromatic N) is 1. The first kappa shape index (κ1) is 17.0. The van der Waals surface area contributed by atoms with Crippen molar-refractivity contribution >= 4 is 37.5 Å². The highest BCUT2D eigenvalue weighted by molar-refractivity contribution is 9.10. The van der Waals surface area contributed by atoms with E-state index in [1.165, 1.54) is 11.3 Å². The molecule has 19 heavy (non-hydrogen) atoms. The van der Waals surface area contributed by atoms with Gasteiger partial charge in [-0.25, -0.2) is 0 Å². The van der Waals surface area contributed by atoms with Crippen LogP contribution in [0.1, 0.15) is 12.0 Å². The number of halogens is 2. The lowest BCUT2D eigenvalue weighted by atomic mass is 10.1. The summed E-state index contributed by atoms with van der Waals surface area (Å²) in [5.74, 6) is 0. The van der Waals surface area contributed by atoms with Gasteiger partial charge in [-0.3, -0.25) is 0 Å². The van der Waals surface area contributed by atoms with Crippen LogP contribution >= 0.6 is 31.9 Å². The summed E-state index contributed by atoms with van der Waals surface area (Å²) in [5, 5.41) is 0.851. The van der Waals surface area contributed by atoms with Crippen molar-refractivity contribution in [1.29, 1.82) is 0 Å². The Balaban J connectivity index is 2.84. The predicted octanol–water partition coefficient (Wildman–Crippen LogP) is 3.83. The van der Waals surface area contributed by atoms with E-state index in [9.17, 15) is 0 Å². The second-order valence-electron chi connectivity index (χ2n) is 4.23. The molecule has 0 spiro atoms. The number of methoxy groups -OCH3 is 2. The Hall–Kier alpha value is -0.100. The molecule has 3 nitrogen and oxygen atoms in total. The van der Waals surface area contributed by atoms with Crippen LogP contribution in [0.2, 0.25) is 0 Å². The molecule has 0 heterocycles. The minimum atomic E-state index is 0.723. The van der Waals surface area contributed by atoms with Gasteiger partial charge in [0.25, 0.3) is 0 Å². The highest BCUT2D eigenvalue weighted by atomic mass is 79.9. The Labute approximate surface area is 132 Å². The summed E-state index contributed by atoms with van der Waals surface area (Å²) in [6, 6.07) is 6.38. The molecular weight excluding hydrogens is 374 g/mol. The van der Waals surface area contributed by atoms with Crippen molar-refractivity contribution in [2.45, 2.75) is 11.8 Å². The van der Waals surface area contributed by atoms with Crippen LogP contribution in [-0.4, -0.2) is 40.5 Å². The Morgan fingerprint density at radius 3 is 2.47 bits per heavy atom. The summed E-state index contributed by atoms with van der Waals surface area (Å²) < 4.78 is 11.4. The molecule has 0 aliphatic carbocycles. The molecule has 0 fully saturated rings. The third-order valence-corrected chi connectivity index (χ3v) is 3.97. The fraction of sp³-hybridized carbons (Fsp3) is 0.571. The number of ether oxygens (including phenoxy) is 2. The molecule has 0 saturated carbocycles. The van der Waals surface area contributed by atoms with Gasteiger partial charge in [-0.05, 0) is 24.1 Å². The van der Waals surface area contributed by atoms with Crippen LogP contribution in [0.25, 0.3) is 0 Å². The van der Waals surface area contributed by atoms with Gasteiger partial charge in [0.15, 0.2) is 0 Å². The summed E-state index contributed by atoms with van der Waals surface area (Å²) in [6.07, 6.45) is 1.01. The summed E-state index contributed by atoms with van der Waals surface area (Å²) in [5.41, 5.74) is 2.54. The maximum atomic E-state index is 5.21. The molecule has 0 aliphatic heterocycles. The Morgan fingerprint density at radius 2 is 1.84 bits per heavy atom. The summed E-state index contributed by atoms with van der Waals surface area (Å²) in [6.45, 7) is 3.35. The SMILES string of the molecule is COCCCN(CCOC)c1cc(Br)ccc1CBr. The first-order valence-electron chi connectivity index (χ1n) is 6.30. The average molecular weight is 395 g/mol. The smallest absolute Gasteiger partial charge is 0.0637 e. The van der Waals surface area contributed by atoms with Crippen molar-refractivity contribution in [3.05, 3.63) is 28.2 Å². The second kappa shape index (κ2) is 9.75. The van der Waals surface area contributed by atoms with E-state index in [0.29, 0.717) is 0 Å². The van der Waals surface area contributed by atoms with Crippen LogP contribution in [0, 0.1) is 0 Å². The van der Waals surface area contributed by atoms with Gasteiger partial charge in [0.2, 0.25) is 0 Å². The molecule has 0 radical (unpaired) electrons. The average Bonchev–Trinajstić information content (AvgIpc) is 2.42. The fourth-order valence-electron chi connectivity index (χ4n) is 1.90. The van der Waals surface area contributed by atoms with Gasteiger partial charge in [0.1, 0.15) is 0 Å². The van der Waals surface area contributed by atoms with E-state index in [0.717, 1.165) is 42.5 Å². The van der Waals surface area contributed by atoms with Crippen molar-refractivity contribution in [1.82, 2.24) is 0 Å². The van der Waals surface area contributed by atoms with Crippen molar-refractivity contribution in [3.63, 3.8) is 0 Å². The number of rotatable bonds is 9. The molecule has 0 aromatic heterocycles. The third kappa shape index (κ3) is 5.81. The predicted molar refractivity (Wildman–Crippen MR) is 87.4 cm³/mol. The Kier molecular flexibility index (Phi) is 8.70. The molecule has 0 amide bonds. The number of hydrogen-bond acceptors (Lipinski definition) is 3. The second-order valence-corrected chi connectivity index (χ2v) is 5.71. The van der Waals surface area contributed by atoms with Gasteiger partial charge >= 0.3 is 0 Å². The minimum absolute atomic E-state index is 0.723. The van der Waals surface area contributed by atoms with Gasteiger partial charge in [-0.1, -0.05) is 37.9 Å². The maximum absolute atomic E-state index is 5.21. The lowest BCUT2D eigenvalue weighted by molar-refractivity contribution is 0.191. The molecule has 0 unspecified atom stereocenters. The third-order valence-electron chi connectivity index (χ3n) is 2.87. The van der Waals surface area contributed by atoms with Crippen molar-refractivity contribution in [3.8, 4) is 0 Å². The van der Waals surface area contributed by atoms with Gasteiger partial charge in [0.05, 0.1) is 6.61 Å². The first-order valence-corrected chi connectivity index (χ1v) is 8.21. The topological polar surface area (TPSA) is 21.7 Å². The van der Waals surface area contributed by atoms with Crippen molar-refractivity contribution in [2.75, 3.05) is 45.4 Å². The monoisotopic (exact) mass is 393 g/mol. The highest BCUT2D eigenvalue weighted by Crippen LogP contribution is 2.27. The number of benzene rings is 1. The minimum Gasteiger partial charge on any atom is -0.385 e. The van der Waals surface area contributed by atoms with E-state index in [1.54, 1.807) is 14.2 Å². The molecule has 0 bridgehead atoms. The van der Waals surface area contributed by atoms with Crippen molar-refractivity contribution in [2.24, 2.45) is 0 Å². The first-order chi connectivity index (χ1) is 9.22. The molecule has 0 saturated heterocycles. The Bertz CT molecular complexity index is 374. The zero-order chi connectivity index (χ0) is 14.1. The van der Waals surface area contributed by atoms with Crippen LogP contribution in [0.15, 0.2) is 22.7 Å². The summed E-state index contributed by atoms with van der Waals surface area (Å²) in [4.78, 5) is 2.35. The standard InChI is InChI=1S/C14H21Br2NO2/c1-18-8-3-6-17(7-9-19-2)14-10-13(16)5-4-12(14)11-15/h4-5,10H,3,6-9,11H2,1-2H3. The van der Waals surface area contributed by atoms with E-state index in [2.05, 4.69) is 55.0 Å². The zero-order valence-corrected chi connectivity index (χ0v) is 14.7. The van der Waals surface area contributed by atoms with E-state index in [-0.39, 0.29) is 0 Å². The molecule has 0 aliphatic rings. The van der Waals surface area contributed by atoms with Gasteiger partial charge in [0, 0.05) is 49.4 Å². The normalized spacial score (nSPS) is 10.7. The van der Waals surface area contributed by atoms with E-state index in [4.69, 9.17) is 9.47 Å². The van der Waals surface area contributed by atoms with Crippen LogP contribution in [0.4, 0.5) is 5.69 Å². The molecule has 1 aromatic carbocycles. The van der Waals surface area contributed by atoms with Crippen LogP contribution < -0.4 is 4.90 Å². The van der Waals surface area contributed by atoms with E-state index in [1.807, 2.05) is 0 Å². The van der Waals surface area contributed by atoms with Crippen LogP contribution in [0.5, 0.6) is 0 Å². The van der Waals surface area contributed by atoms with Gasteiger partial charge in [-0.15, -0.1) is 0 Å². The number of anilines is 1. The van der Waals surface area contributed by atoms with E-state index < -0.39 is 0 Å².